The Balaban J connectivity index is 1.25. The molecule has 4 heteroatoms. The van der Waals surface area contributed by atoms with Crippen LogP contribution in [0.4, 0.5) is 5.69 Å². The van der Waals surface area contributed by atoms with Crippen LogP contribution in [0, 0.1) is 12.8 Å². The summed E-state index contributed by atoms with van der Waals surface area (Å²) < 4.78 is 0. The fourth-order valence-electron chi connectivity index (χ4n) is 5.25. The molecule has 5 rings (SSSR count). The summed E-state index contributed by atoms with van der Waals surface area (Å²) in [6.45, 7) is 11.5. The van der Waals surface area contributed by atoms with E-state index in [-0.39, 0.29) is 0 Å². The van der Waals surface area contributed by atoms with Crippen molar-refractivity contribution < 1.29 is 0 Å². The fourth-order valence-corrected chi connectivity index (χ4v) is 5.99. The largest absolute Gasteiger partial charge is 0.369 e. The maximum Gasteiger partial charge on any atom is 0.0367 e. The topological polar surface area (TPSA) is 9.72 Å². The molecular formula is C27H33N3S. The molecule has 0 bridgehead atoms. The molecule has 0 aliphatic carbocycles. The molecule has 0 N–H and O–H groups in total. The molecule has 0 amide bonds. The third-order valence-electron chi connectivity index (χ3n) is 6.97. The van der Waals surface area contributed by atoms with Crippen LogP contribution in [-0.4, -0.2) is 55.6 Å². The van der Waals surface area contributed by atoms with Gasteiger partial charge >= 0.3 is 0 Å². The molecule has 3 aromatic rings. The second kappa shape index (κ2) is 9.56. The lowest BCUT2D eigenvalue weighted by atomic mass is 9.88. The number of likely N-dealkylation sites (tertiary alicyclic amines) is 1. The molecule has 2 aliphatic heterocycles. The van der Waals surface area contributed by atoms with Crippen LogP contribution >= 0.6 is 11.3 Å². The quantitative estimate of drug-likeness (QED) is 0.538. The van der Waals surface area contributed by atoms with Crippen molar-refractivity contribution in [1.82, 2.24) is 9.80 Å². The van der Waals surface area contributed by atoms with E-state index in [0.29, 0.717) is 11.8 Å². The van der Waals surface area contributed by atoms with Gasteiger partial charge in [0.2, 0.25) is 0 Å². The van der Waals surface area contributed by atoms with Gasteiger partial charge in [0.15, 0.2) is 0 Å². The maximum absolute atomic E-state index is 2.71. The van der Waals surface area contributed by atoms with E-state index in [1.54, 1.807) is 0 Å². The van der Waals surface area contributed by atoms with Crippen LogP contribution in [0.5, 0.6) is 0 Å². The molecule has 0 radical (unpaired) electrons. The Labute approximate surface area is 190 Å². The highest BCUT2D eigenvalue weighted by Gasteiger charge is 2.35. The second-order valence-electron chi connectivity index (χ2n) is 9.17. The van der Waals surface area contributed by atoms with E-state index in [1.165, 1.54) is 41.3 Å². The highest BCUT2D eigenvalue weighted by molar-refractivity contribution is 7.09. The molecule has 0 spiro atoms. The number of aryl methyl sites for hydroxylation is 1. The SMILES string of the molecule is Cc1ccc([C@@H]2CN(Cc3cccs3)C[C@@H]2CN2CCN(c3ccccc3)CC2)cc1. The van der Waals surface area contributed by atoms with E-state index in [2.05, 4.69) is 93.7 Å². The number of rotatable bonds is 6. The number of hydrogen-bond donors (Lipinski definition) is 0. The molecule has 31 heavy (non-hydrogen) atoms. The maximum atomic E-state index is 2.71. The van der Waals surface area contributed by atoms with Crippen molar-refractivity contribution in [2.24, 2.45) is 5.92 Å². The number of para-hydroxylation sites is 1. The van der Waals surface area contributed by atoms with Crippen LogP contribution < -0.4 is 4.90 Å². The van der Waals surface area contributed by atoms with Crippen LogP contribution in [0.15, 0.2) is 72.1 Å². The standard InChI is InChI=1S/C27H33N3S/c1-22-9-11-23(12-10-22)27-21-29(20-26-8-5-17-31-26)19-24(27)18-28-13-15-30(16-14-28)25-6-3-2-4-7-25/h2-12,17,24,27H,13-16,18-21H2,1H3/t24-,27-/m0/s1. The van der Waals surface area contributed by atoms with Gasteiger partial charge in [0.1, 0.15) is 0 Å². The van der Waals surface area contributed by atoms with E-state index in [9.17, 15) is 0 Å². The number of piperazine rings is 1. The Kier molecular flexibility index (Phi) is 6.40. The first kappa shape index (κ1) is 20.7. The van der Waals surface area contributed by atoms with Crippen LogP contribution in [-0.2, 0) is 6.54 Å². The number of benzene rings is 2. The van der Waals surface area contributed by atoms with Crippen LogP contribution in [0.2, 0.25) is 0 Å². The monoisotopic (exact) mass is 431 g/mol. The first-order chi connectivity index (χ1) is 15.2. The molecular weight excluding hydrogens is 398 g/mol. The summed E-state index contributed by atoms with van der Waals surface area (Å²) >= 11 is 1.89. The summed E-state index contributed by atoms with van der Waals surface area (Å²) in [6.07, 6.45) is 0. The van der Waals surface area contributed by atoms with Gasteiger partial charge in [-0.3, -0.25) is 9.80 Å². The first-order valence-electron chi connectivity index (χ1n) is 11.6. The predicted octanol–water partition coefficient (Wildman–Crippen LogP) is 5.09. The molecule has 3 nitrogen and oxygen atoms in total. The van der Waals surface area contributed by atoms with Gasteiger partial charge in [-0.1, -0.05) is 54.1 Å². The van der Waals surface area contributed by atoms with Crippen molar-refractivity contribution in [2.45, 2.75) is 19.4 Å². The normalized spacial score (nSPS) is 22.8. The minimum absolute atomic E-state index is 0.632. The zero-order chi connectivity index (χ0) is 21.0. The third kappa shape index (κ3) is 5.03. The average molecular weight is 432 g/mol. The highest BCUT2D eigenvalue weighted by Crippen LogP contribution is 2.35. The van der Waals surface area contributed by atoms with Gasteiger partial charge in [0.05, 0.1) is 0 Å². The van der Waals surface area contributed by atoms with E-state index < -0.39 is 0 Å². The Morgan fingerprint density at radius 1 is 0.806 bits per heavy atom. The molecule has 2 fully saturated rings. The zero-order valence-electron chi connectivity index (χ0n) is 18.5. The Bertz CT molecular complexity index is 930. The number of hydrogen-bond acceptors (Lipinski definition) is 4. The van der Waals surface area contributed by atoms with Gasteiger partial charge in [0.25, 0.3) is 0 Å². The smallest absolute Gasteiger partial charge is 0.0367 e. The van der Waals surface area contributed by atoms with Gasteiger partial charge < -0.3 is 4.90 Å². The summed E-state index contributed by atoms with van der Waals surface area (Å²) in [5.74, 6) is 1.33. The molecule has 2 atom stereocenters. The summed E-state index contributed by atoms with van der Waals surface area (Å²) in [5.41, 5.74) is 4.24. The number of thiophene rings is 1. The van der Waals surface area contributed by atoms with Crippen molar-refractivity contribution in [3.63, 3.8) is 0 Å². The molecule has 162 valence electrons. The van der Waals surface area contributed by atoms with Crippen molar-refractivity contribution in [2.75, 3.05) is 50.7 Å². The lowest BCUT2D eigenvalue weighted by molar-refractivity contribution is 0.209. The minimum atomic E-state index is 0.632. The molecule has 2 aliphatic rings. The van der Waals surface area contributed by atoms with E-state index >= 15 is 0 Å². The fraction of sp³-hybridized carbons (Fsp3) is 0.407. The van der Waals surface area contributed by atoms with Gasteiger partial charge in [-0.25, -0.2) is 0 Å². The van der Waals surface area contributed by atoms with Crippen LogP contribution in [0.1, 0.15) is 21.9 Å². The molecule has 3 heterocycles. The minimum Gasteiger partial charge on any atom is -0.369 e. The van der Waals surface area contributed by atoms with Crippen molar-refractivity contribution >= 4 is 17.0 Å². The summed E-state index contributed by atoms with van der Waals surface area (Å²) in [5, 5.41) is 2.20. The van der Waals surface area contributed by atoms with E-state index in [1.807, 2.05) is 11.3 Å². The molecule has 2 saturated heterocycles. The Hall–Kier alpha value is -2.14. The van der Waals surface area contributed by atoms with Gasteiger partial charge in [-0.2, -0.15) is 0 Å². The lowest BCUT2D eigenvalue weighted by Crippen LogP contribution is -2.48. The van der Waals surface area contributed by atoms with Crippen molar-refractivity contribution in [3.05, 3.63) is 88.1 Å². The van der Waals surface area contributed by atoms with Gasteiger partial charge in [0, 0.05) is 68.8 Å². The molecule has 0 unspecified atom stereocenters. The number of nitrogens with zero attached hydrogens (tertiary/aromatic N) is 3. The molecule has 2 aromatic carbocycles. The molecule has 0 saturated carbocycles. The lowest BCUT2D eigenvalue weighted by Gasteiger charge is -2.38. The first-order valence-corrected chi connectivity index (χ1v) is 12.5. The van der Waals surface area contributed by atoms with E-state index in [4.69, 9.17) is 0 Å². The van der Waals surface area contributed by atoms with Crippen molar-refractivity contribution in [3.8, 4) is 0 Å². The number of anilines is 1. The molecule has 1 aromatic heterocycles. The Morgan fingerprint density at radius 3 is 2.29 bits per heavy atom. The second-order valence-corrected chi connectivity index (χ2v) is 10.2. The van der Waals surface area contributed by atoms with Gasteiger partial charge in [-0.15, -0.1) is 11.3 Å². The summed E-state index contributed by atoms with van der Waals surface area (Å²) in [7, 11) is 0. The summed E-state index contributed by atoms with van der Waals surface area (Å²) in [4.78, 5) is 9.41. The van der Waals surface area contributed by atoms with Crippen LogP contribution in [0.3, 0.4) is 0 Å². The van der Waals surface area contributed by atoms with Gasteiger partial charge in [-0.05, 0) is 42.0 Å². The third-order valence-corrected chi connectivity index (χ3v) is 7.83. The zero-order valence-corrected chi connectivity index (χ0v) is 19.3. The van der Waals surface area contributed by atoms with Crippen LogP contribution in [0.25, 0.3) is 0 Å². The van der Waals surface area contributed by atoms with Crippen molar-refractivity contribution in [1.29, 1.82) is 0 Å². The highest BCUT2D eigenvalue weighted by atomic mass is 32.1. The Morgan fingerprint density at radius 2 is 1.58 bits per heavy atom. The van der Waals surface area contributed by atoms with E-state index in [0.717, 1.165) is 32.7 Å². The summed E-state index contributed by atoms with van der Waals surface area (Å²) in [6, 6.07) is 24.6. The predicted molar refractivity (Wildman–Crippen MR) is 132 cm³/mol. The average Bonchev–Trinajstić information content (AvgIpc) is 3.46.